The number of carbonyl (C=O) groups is 5. The number of hydrogen-bond donors (Lipinski definition) is 3. The molecule has 6 heterocycles. The van der Waals surface area contributed by atoms with E-state index in [2.05, 4.69) is 53.8 Å². The van der Waals surface area contributed by atoms with Crippen LogP contribution in [0.4, 0.5) is 21.6 Å². The van der Waals surface area contributed by atoms with Crippen molar-refractivity contribution < 1.29 is 28.4 Å². The maximum Gasteiger partial charge on any atom is 0.264 e. The molecule has 0 saturated carbocycles. The minimum Gasteiger partial charge on any atom is -0.383 e. The van der Waals surface area contributed by atoms with Gasteiger partial charge in [0.2, 0.25) is 17.7 Å². The van der Waals surface area contributed by atoms with Crippen LogP contribution in [-0.4, -0.2) is 112 Å². The average molecular weight is 799 g/mol. The standard InChI is InChI=1S/C43H43FN10O5/c44-29-7-1-5-27(23-29)33-11-4-18-52(33)37-14-13-36-47-25-35(54(36)49-37)28-6-2-8-30(24-28)51-21-19-50(20-22-51)26-39(56)46-17-16-45-32-10-3-9-31-40(32)43(59)53(42(31)58)34-12-15-38(55)48-41(34)57/h1-3,5-10,13-14,23-25,33-34,45H,4,11-12,15-22,26H2,(H,46,56)(H,48,55,57)/t33-,34?/m1/s1. The second-order valence-corrected chi connectivity index (χ2v) is 15.3. The van der Waals surface area contributed by atoms with Gasteiger partial charge in [-0.25, -0.2) is 13.9 Å². The highest BCUT2D eigenvalue weighted by molar-refractivity contribution is 6.25. The van der Waals surface area contributed by atoms with Crippen molar-refractivity contribution in [2.75, 3.05) is 67.5 Å². The third-order valence-corrected chi connectivity index (χ3v) is 11.6. The molecule has 59 heavy (non-hydrogen) atoms. The Kier molecular flexibility index (Phi) is 10.2. The number of benzene rings is 3. The number of imidazole rings is 1. The number of carbonyl (C=O) groups excluding carboxylic acids is 5. The van der Waals surface area contributed by atoms with Crippen LogP contribution in [0.25, 0.3) is 16.9 Å². The third-order valence-electron chi connectivity index (χ3n) is 11.6. The summed E-state index contributed by atoms with van der Waals surface area (Å²) in [5.41, 5.74) is 5.43. The smallest absolute Gasteiger partial charge is 0.264 e. The Balaban J connectivity index is 0.773. The molecule has 302 valence electrons. The fraction of sp³-hybridized carbons (Fsp3) is 0.326. The zero-order valence-corrected chi connectivity index (χ0v) is 32.3. The Hall–Kier alpha value is -6.68. The molecular formula is C43H43FN10O5. The van der Waals surface area contributed by atoms with Gasteiger partial charge < -0.3 is 20.4 Å². The van der Waals surface area contributed by atoms with Crippen molar-refractivity contribution in [2.45, 2.75) is 37.8 Å². The topological polar surface area (TPSA) is 165 Å². The summed E-state index contributed by atoms with van der Waals surface area (Å²) in [5, 5.41) is 13.3. The average Bonchev–Trinajstić information content (AvgIpc) is 3.97. The molecule has 15 nitrogen and oxygen atoms in total. The molecule has 1 unspecified atom stereocenters. The summed E-state index contributed by atoms with van der Waals surface area (Å²) in [6, 6.07) is 23.0. The summed E-state index contributed by atoms with van der Waals surface area (Å²) in [6.45, 7) is 4.57. The van der Waals surface area contributed by atoms with Crippen LogP contribution in [0.5, 0.6) is 0 Å². The Bertz CT molecular complexity index is 2480. The monoisotopic (exact) mass is 798 g/mol. The van der Waals surface area contributed by atoms with Gasteiger partial charge in [-0.3, -0.25) is 39.1 Å². The Morgan fingerprint density at radius 2 is 1.68 bits per heavy atom. The highest BCUT2D eigenvalue weighted by Crippen LogP contribution is 2.36. The first kappa shape index (κ1) is 37.9. The highest BCUT2D eigenvalue weighted by Gasteiger charge is 2.45. The highest BCUT2D eigenvalue weighted by atomic mass is 19.1. The SMILES string of the molecule is O=C(CN1CCN(c2cccc(-c3cnc4ccc(N5CCC[C@@H]5c5cccc(F)c5)nn34)c2)CC1)NCCNc1cccc2c1C(=O)N(C1CCC(=O)NC1=O)C2=O. The molecule has 2 atom stereocenters. The summed E-state index contributed by atoms with van der Waals surface area (Å²) in [6.07, 6.45) is 3.90. The van der Waals surface area contributed by atoms with E-state index in [9.17, 15) is 28.4 Å². The van der Waals surface area contributed by atoms with Crippen molar-refractivity contribution >= 4 is 52.4 Å². The van der Waals surface area contributed by atoms with Gasteiger partial charge in [0, 0.05) is 69.2 Å². The van der Waals surface area contributed by atoms with Crippen LogP contribution in [0.2, 0.25) is 0 Å². The zero-order valence-electron chi connectivity index (χ0n) is 32.3. The molecule has 0 bridgehead atoms. The number of piperidine rings is 1. The van der Waals surface area contributed by atoms with Crippen molar-refractivity contribution in [1.29, 1.82) is 0 Å². The predicted molar refractivity (Wildman–Crippen MR) is 217 cm³/mol. The van der Waals surface area contributed by atoms with E-state index in [0.29, 0.717) is 31.9 Å². The first-order valence-corrected chi connectivity index (χ1v) is 20.0. The molecule has 3 N–H and O–H groups in total. The number of nitrogens with zero attached hydrogens (tertiary/aromatic N) is 7. The molecule has 4 aliphatic rings. The van der Waals surface area contributed by atoms with E-state index >= 15 is 0 Å². The van der Waals surface area contributed by atoms with Crippen molar-refractivity contribution in [3.63, 3.8) is 0 Å². The van der Waals surface area contributed by atoms with Crippen LogP contribution in [0, 0.1) is 5.82 Å². The predicted octanol–water partition coefficient (Wildman–Crippen LogP) is 3.63. The van der Waals surface area contributed by atoms with Crippen molar-refractivity contribution in [3.8, 4) is 11.3 Å². The number of nitrogens with one attached hydrogen (secondary N) is 3. The quantitative estimate of drug-likeness (QED) is 0.132. The number of aromatic nitrogens is 3. The third kappa shape index (κ3) is 7.46. The first-order valence-electron chi connectivity index (χ1n) is 20.0. The van der Waals surface area contributed by atoms with Crippen LogP contribution in [0.1, 0.15) is 58.0 Å². The summed E-state index contributed by atoms with van der Waals surface area (Å²) in [4.78, 5) is 75.7. The molecule has 3 saturated heterocycles. The minimum absolute atomic E-state index is 0.0466. The van der Waals surface area contributed by atoms with E-state index in [0.717, 1.165) is 71.3 Å². The number of hydrogen-bond acceptors (Lipinski definition) is 11. The first-order chi connectivity index (χ1) is 28.7. The molecule has 16 heteroatoms. The molecule has 0 radical (unpaired) electrons. The number of halogens is 1. The molecule has 3 aromatic carbocycles. The van der Waals surface area contributed by atoms with Crippen LogP contribution < -0.4 is 25.8 Å². The van der Waals surface area contributed by atoms with Gasteiger partial charge in [-0.1, -0.05) is 30.3 Å². The number of rotatable bonds is 11. The molecule has 2 aromatic heterocycles. The molecule has 3 fully saturated rings. The van der Waals surface area contributed by atoms with E-state index < -0.39 is 29.7 Å². The second kappa shape index (κ2) is 15.9. The van der Waals surface area contributed by atoms with E-state index in [-0.39, 0.29) is 48.3 Å². The van der Waals surface area contributed by atoms with E-state index in [4.69, 9.17) is 5.10 Å². The number of imide groups is 2. The van der Waals surface area contributed by atoms with Gasteiger partial charge in [0.15, 0.2) is 5.65 Å². The Labute approximate surface area is 339 Å². The van der Waals surface area contributed by atoms with Gasteiger partial charge in [-0.05, 0) is 73.4 Å². The summed E-state index contributed by atoms with van der Waals surface area (Å²) in [7, 11) is 0. The number of piperazine rings is 1. The van der Waals surface area contributed by atoms with Crippen molar-refractivity contribution in [3.05, 3.63) is 108 Å². The van der Waals surface area contributed by atoms with Gasteiger partial charge in [0.05, 0.1) is 35.6 Å². The van der Waals surface area contributed by atoms with Gasteiger partial charge in [-0.15, -0.1) is 5.10 Å². The largest absolute Gasteiger partial charge is 0.383 e. The normalized spacial score (nSPS) is 19.7. The van der Waals surface area contributed by atoms with Gasteiger partial charge in [0.1, 0.15) is 17.7 Å². The van der Waals surface area contributed by atoms with Gasteiger partial charge >= 0.3 is 0 Å². The van der Waals surface area contributed by atoms with Crippen LogP contribution in [0.3, 0.4) is 0 Å². The number of amides is 5. The summed E-state index contributed by atoms with van der Waals surface area (Å²) in [5.74, 6) is -1.78. The van der Waals surface area contributed by atoms with E-state index in [1.54, 1.807) is 30.3 Å². The molecular weight excluding hydrogens is 756 g/mol. The van der Waals surface area contributed by atoms with E-state index in [1.165, 1.54) is 6.07 Å². The second-order valence-electron chi connectivity index (χ2n) is 15.3. The minimum atomic E-state index is -1.04. The summed E-state index contributed by atoms with van der Waals surface area (Å²) < 4.78 is 16.0. The molecule has 5 aromatic rings. The molecule has 9 rings (SSSR count). The van der Waals surface area contributed by atoms with Crippen LogP contribution in [0.15, 0.2) is 85.1 Å². The molecule has 0 spiro atoms. The lowest BCUT2D eigenvalue weighted by molar-refractivity contribution is -0.136. The Morgan fingerprint density at radius 3 is 2.51 bits per heavy atom. The van der Waals surface area contributed by atoms with E-state index in [1.807, 2.05) is 35.0 Å². The van der Waals surface area contributed by atoms with Gasteiger partial charge in [-0.2, -0.15) is 0 Å². The maximum absolute atomic E-state index is 14.1. The maximum atomic E-state index is 14.1. The van der Waals surface area contributed by atoms with Crippen LogP contribution >= 0.6 is 0 Å². The van der Waals surface area contributed by atoms with Gasteiger partial charge in [0.25, 0.3) is 11.8 Å². The number of fused-ring (bicyclic) bond motifs is 2. The lowest BCUT2D eigenvalue weighted by Gasteiger charge is -2.35. The Morgan fingerprint density at radius 1 is 0.847 bits per heavy atom. The lowest BCUT2D eigenvalue weighted by atomic mass is 10.0. The fourth-order valence-electron chi connectivity index (χ4n) is 8.66. The fourth-order valence-corrected chi connectivity index (χ4v) is 8.66. The van der Waals surface area contributed by atoms with Crippen molar-refractivity contribution in [2.24, 2.45) is 0 Å². The van der Waals surface area contributed by atoms with Crippen molar-refractivity contribution in [1.82, 2.24) is 35.0 Å². The zero-order chi connectivity index (χ0) is 40.6. The lowest BCUT2D eigenvalue weighted by Crippen LogP contribution is -2.54. The number of anilines is 3. The van der Waals surface area contributed by atoms with Crippen LogP contribution in [-0.2, 0) is 14.4 Å². The molecule has 4 aliphatic heterocycles. The molecule has 0 aliphatic carbocycles. The molecule has 5 amide bonds. The summed E-state index contributed by atoms with van der Waals surface area (Å²) >= 11 is 0.